The highest BCUT2D eigenvalue weighted by Crippen LogP contribution is 2.45. The topological polar surface area (TPSA) is 48.5 Å². The van der Waals surface area contributed by atoms with Gasteiger partial charge in [0.25, 0.3) is 5.91 Å². The monoisotopic (exact) mass is 322 g/mol. The second kappa shape index (κ2) is 6.52. The van der Waals surface area contributed by atoms with Crippen molar-refractivity contribution in [3.63, 3.8) is 0 Å². The predicted octanol–water partition coefficient (Wildman–Crippen LogP) is 1.49. The summed E-state index contributed by atoms with van der Waals surface area (Å²) in [4.78, 5) is 21.0. The van der Waals surface area contributed by atoms with Crippen LogP contribution in [-0.4, -0.2) is 67.0 Å². The predicted molar refractivity (Wildman–Crippen MR) is 87.2 cm³/mol. The summed E-state index contributed by atoms with van der Waals surface area (Å²) >= 11 is 6.02. The summed E-state index contributed by atoms with van der Waals surface area (Å²) in [6, 6.07) is 1.66. The summed E-state index contributed by atoms with van der Waals surface area (Å²) in [5, 5.41) is 3.46. The third-order valence-corrected chi connectivity index (χ3v) is 5.05. The average Bonchev–Trinajstić information content (AvgIpc) is 3.28. The van der Waals surface area contributed by atoms with Crippen LogP contribution in [0.4, 0.5) is 0 Å². The summed E-state index contributed by atoms with van der Waals surface area (Å²) < 4.78 is 0. The molecule has 2 fully saturated rings. The standard InChI is InChI=1S/C16H23ClN4O/c1-20-6-8-21(9-7-20)12-16(3-4-16)11-19-15(22)13-2-5-18-10-14(13)17/h2,5,10H,3-4,6-9,11-12H2,1H3,(H,19,22). The molecule has 2 heterocycles. The van der Waals surface area contributed by atoms with E-state index >= 15 is 0 Å². The average molecular weight is 323 g/mol. The van der Waals surface area contributed by atoms with Gasteiger partial charge in [-0.05, 0) is 26.0 Å². The number of amides is 1. The first-order valence-corrected chi connectivity index (χ1v) is 8.24. The maximum atomic E-state index is 12.2. The molecule has 5 nitrogen and oxygen atoms in total. The zero-order valence-electron chi connectivity index (χ0n) is 13.0. The lowest BCUT2D eigenvalue weighted by Crippen LogP contribution is -2.47. The van der Waals surface area contributed by atoms with E-state index < -0.39 is 0 Å². The fraction of sp³-hybridized carbons (Fsp3) is 0.625. The minimum absolute atomic E-state index is 0.1000. The lowest BCUT2D eigenvalue weighted by molar-refractivity contribution is 0.0927. The molecule has 22 heavy (non-hydrogen) atoms. The quantitative estimate of drug-likeness (QED) is 0.892. The molecular weight excluding hydrogens is 300 g/mol. The smallest absolute Gasteiger partial charge is 0.252 e. The normalized spacial score (nSPS) is 21.5. The first-order chi connectivity index (χ1) is 10.6. The molecule has 0 aromatic carbocycles. The Morgan fingerprint density at radius 1 is 1.36 bits per heavy atom. The van der Waals surface area contributed by atoms with E-state index in [0.29, 0.717) is 10.6 Å². The van der Waals surface area contributed by atoms with Gasteiger partial charge in [0.2, 0.25) is 0 Å². The lowest BCUT2D eigenvalue weighted by atomic mass is 10.1. The van der Waals surface area contributed by atoms with Crippen molar-refractivity contribution < 1.29 is 4.79 Å². The number of halogens is 1. The molecule has 1 aliphatic heterocycles. The van der Waals surface area contributed by atoms with E-state index in [0.717, 1.165) is 39.3 Å². The molecule has 1 aromatic rings. The van der Waals surface area contributed by atoms with Gasteiger partial charge in [-0.15, -0.1) is 0 Å². The largest absolute Gasteiger partial charge is 0.351 e. The van der Waals surface area contributed by atoms with Gasteiger partial charge in [0.15, 0.2) is 0 Å². The van der Waals surface area contributed by atoms with E-state index in [2.05, 4.69) is 27.1 Å². The Bertz CT molecular complexity index is 539. The van der Waals surface area contributed by atoms with Crippen LogP contribution in [0.15, 0.2) is 18.5 Å². The number of aromatic nitrogens is 1. The molecule has 1 aromatic heterocycles. The van der Waals surface area contributed by atoms with Crippen molar-refractivity contribution in [3.8, 4) is 0 Å². The molecular formula is C16H23ClN4O. The summed E-state index contributed by atoms with van der Waals surface area (Å²) in [7, 11) is 2.17. The molecule has 0 unspecified atom stereocenters. The van der Waals surface area contributed by atoms with Crippen LogP contribution in [0.25, 0.3) is 0 Å². The Hall–Kier alpha value is -1.17. The molecule has 1 aliphatic carbocycles. The molecule has 0 bridgehead atoms. The first-order valence-electron chi connectivity index (χ1n) is 7.87. The molecule has 120 valence electrons. The van der Waals surface area contributed by atoms with Crippen LogP contribution in [0.2, 0.25) is 5.02 Å². The Morgan fingerprint density at radius 3 is 2.73 bits per heavy atom. The molecule has 0 radical (unpaired) electrons. The number of likely N-dealkylation sites (N-methyl/N-ethyl adjacent to an activating group) is 1. The molecule has 1 saturated carbocycles. The zero-order chi connectivity index (χ0) is 15.6. The van der Waals surface area contributed by atoms with Gasteiger partial charge in [-0.3, -0.25) is 9.78 Å². The van der Waals surface area contributed by atoms with Gasteiger partial charge in [-0.25, -0.2) is 0 Å². The van der Waals surface area contributed by atoms with Crippen LogP contribution in [0.5, 0.6) is 0 Å². The van der Waals surface area contributed by atoms with Crippen molar-refractivity contribution >= 4 is 17.5 Å². The van der Waals surface area contributed by atoms with E-state index in [-0.39, 0.29) is 11.3 Å². The molecule has 3 rings (SSSR count). The fourth-order valence-corrected chi connectivity index (χ4v) is 3.18. The second-order valence-corrected chi connectivity index (χ2v) is 7.02. The van der Waals surface area contributed by atoms with E-state index in [1.165, 1.54) is 19.0 Å². The van der Waals surface area contributed by atoms with E-state index in [9.17, 15) is 4.79 Å². The summed E-state index contributed by atoms with van der Waals surface area (Å²) in [6.07, 6.45) is 5.50. The highest BCUT2D eigenvalue weighted by atomic mass is 35.5. The maximum absolute atomic E-state index is 12.2. The van der Waals surface area contributed by atoms with Crippen LogP contribution in [0, 0.1) is 5.41 Å². The minimum atomic E-state index is -0.1000. The lowest BCUT2D eigenvalue weighted by Gasteiger charge is -2.34. The number of nitrogens with one attached hydrogen (secondary N) is 1. The van der Waals surface area contributed by atoms with E-state index in [1.807, 2.05) is 0 Å². The van der Waals surface area contributed by atoms with E-state index in [1.54, 1.807) is 12.3 Å². The number of carbonyl (C=O) groups is 1. The molecule has 0 atom stereocenters. The van der Waals surface area contributed by atoms with Crippen LogP contribution in [0.1, 0.15) is 23.2 Å². The Kier molecular flexibility index (Phi) is 4.66. The Balaban J connectivity index is 1.50. The SMILES string of the molecule is CN1CCN(CC2(CNC(=O)c3ccncc3Cl)CC2)CC1. The van der Waals surface area contributed by atoms with Crippen LogP contribution < -0.4 is 5.32 Å². The molecule has 1 N–H and O–H groups in total. The Labute approximate surface area is 136 Å². The van der Waals surface area contributed by atoms with Gasteiger partial charge >= 0.3 is 0 Å². The second-order valence-electron chi connectivity index (χ2n) is 6.62. The van der Waals surface area contributed by atoms with Crippen molar-refractivity contribution in [3.05, 3.63) is 29.0 Å². The molecule has 2 aliphatic rings. The molecule has 0 spiro atoms. The van der Waals surface area contributed by atoms with Gasteiger partial charge in [0.05, 0.1) is 10.6 Å². The number of pyridine rings is 1. The number of carbonyl (C=O) groups excluding carboxylic acids is 1. The minimum Gasteiger partial charge on any atom is -0.351 e. The third-order valence-electron chi connectivity index (χ3n) is 4.75. The summed E-state index contributed by atoms with van der Waals surface area (Å²) in [6.45, 7) is 6.34. The van der Waals surface area contributed by atoms with Crippen molar-refractivity contribution in [2.24, 2.45) is 5.41 Å². The van der Waals surface area contributed by atoms with Crippen LogP contribution in [-0.2, 0) is 0 Å². The van der Waals surface area contributed by atoms with Gasteiger partial charge < -0.3 is 15.1 Å². The number of hydrogen-bond acceptors (Lipinski definition) is 4. The Morgan fingerprint density at radius 2 is 2.09 bits per heavy atom. The highest BCUT2D eigenvalue weighted by Gasteiger charge is 2.44. The summed E-state index contributed by atoms with van der Waals surface area (Å²) in [5.74, 6) is -0.1000. The van der Waals surface area contributed by atoms with Gasteiger partial charge in [-0.1, -0.05) is 11.6 Å². The van der Waals surface area contributed by atoms with E-state index in [4.69, 9.17) is 11.6 Å². The molecule has 6 heteroatoms. The van der Waals surface area contributed by atoms with Gasteiger partial charge in [0, 0.05) is 57.1 Å². The number of rotatable bonds is 5. The van der Waals surface area contributed by atoms with Crippen molar-refractivity contribution in [1.82, 2.24) is 20.1 Å². The molecule has 1 amide bonds. The fourth-order valence-electron chi connectivity index (χ4n) is 2.97. The highest BCUT2D eigenvalue weighted by molar-refractivity contribution is 6.33. The molecule has 1 saturated heterocycles. The number of nitrogens with zero attached hydrogens (tertiary/aromatic N) is 3. The zero-order valence-corrected chi connectivity index (χ0v) is 13.8. The summed E-state index contributed by atoms with van der Waals surface area (Å²) in [5.41, 5.74) is 0.775. The van der Waals surface area contributed by atoms with Gasteiger partial charge in [-0.2, -0.15) is 0 Å². The van der Waals surface area contributed by atoms with Crippen molar-refractivity contribution in [2.45, 2.75) is 12.8 Å². The maximum Gasteiger partial charge on any atom is 0.252 e. The number of hydrogen-bond donors (Lipinski definition) is 1. The first kappa shape index (κ1) is 15.7. The van der Waals surface area contributed by atoms with Crippen molar-refractivity contribution in [2.75, 3.05) is 46.3 Å². The van der Waals surface area contributed by atoms with Crippen LogP contribution in [0.3, 0.4) is 0 Å². The number of piperazine rings is 1. The van der Waals surface area contributed by atoms with Crippen LogP contribution >= 0.6 is 11.6 Å². The third kappa shape index (κ3) is 3.77. The van der Waals surface area contributed by atoms with Gasteiger partial charge in [0.1, 0.15) is 0 Å². The van der Waals surface area contributed by atoms with Crippen molar-refractivity contribution in [1.29, 1.82) is 0 Å².